The van der Waals surface area contributed by atoms with E-state index in [1.54, 1.807) is 11.1 Å². The molecule has 0 spiro atoms. The summed E-state index contributed by atoms with van der Waals surface area (Å²) in [6, 6.07) is 7.48. The Morgan fingerprint density at radius 2 is 2.09 bits per heavy atom. The molecule has 34 heavy (non-hydrogen) atoms. The first-order chi connectivity index (χ1) is 16.4. The molecule has 0 saturated heterocycles. The second-order valence-electron chi connectivity index (χ2n) is 9.13. The highest BCUT2D eigenvalue weighted by molar-refractivity contribution is 5.97. The Bertz CT molecular complexity index is 1060. The number of aliphatic hydroxyl groups is 1. The summed E-state index contributed by atoms with van der Waals surface area (Å²) in [5, 5.41) is 9.80. The van der Waals surface area contributed by atoms with Gasteiger partial charge in [-0.25, -0.2) is 4.98 Å². The zero-order valence-electron chi connectivity index (χ0n) is 20.2. The molecule has 2 aromatic rings. The molecular formula is C26H33N3O5. The van der Waals surface area contributed by atoms with Crippen LogP contribution in [0, 0.1) is 5.92 Å². The topological polar surface area (TPSA) is 84.4 Å². The highest BCUT2D eigenvalue weighted by Crippen LogP contribution is 2.33. The summed E-state index contributed by atoms with van der Waals surface area (Å²) in [4.78, 5) is 21.8. The Kier molecular flexibility index (Phi) is 7.38. The highest BCUT2D eigenvalue weighted by atomic mass is 16.7. The minimum Gasteiger partial charge on any atom is -0.472 e. The third-order valence-electron chi connectivity index (χ3n) is 6.28. The zero-order chi connectivity index (χ0) is 24.2. The third kappa shape index (κ3) is 5.18. The largest absolute Gasteiger partial charge is 0.472 e. The van der Waals surface area contributed by atoms with Crippen molar-refractivity contribution < 1.29 is 24.1 Å². The van der Waals surface area contributed by atoms with E-state index in [-0.39, 0.29) is 37.4 Å². The molecule has 1 amide bonds. The van der Waals surface area contributed by atoms with E-state index in [0.717, 1.165) is 22.6 Å². The number of ether oxygens (including phenoxy) is 3. The van der Waals surface area contributed by atoms with Crippen LogP contribution in [0.1, 0.15) is 42.3 Å². The van der Waals surface area contributed by atoms with Crippen molar-refractivity contribution in [3.8, 4) is 17.4 Å². The van der Waals surface area contributed by atoms with Gasteiger partial charge in [-0.15, -0.1) is 0 Å². The van der Waals surface area contributed by atoms with Gasteiger partial charge in [-0.05, 0) is 50.2 Å². The Labute approximate surface area is 200 Å². The van der Waals surface area contributed by atoms with E-state index in [9.17, 15) is 9.90 Å². The molecular weight excluding hydrogens is 434 g/mol. The molecule has 3 atom stereocenters. The van der Waals surface area contributed by atoms with Gasteiger partial charge in [-0.3, -0.25) is 9.69 Å². The van der Waals surface area contributed by atoms with Crippen molar-refractivity contribution in [2.75, 3.05) is 33.5 Å². The SMILES string of the molecule is C/C=C/c1cnc2c(c1)C(=O)N([C@@H](C)CO)C[C@H](C)[C@@H](CN(C)Cc1ccc3c(c1)OCO3)O2. The van der Waals surface area contributed by atoms with Gasteiger partial charge in [0.05, 0.1) is 12.6 Å². The molecule has 0 unspecified atom stereocenters. The molecule has 182 valence electrons. The quantitative estimate of drug-likeness (QED) is 0.669. The number of benzene rings is 1. The van der Waals surface area contributed by atoms with Gasteiger partial charge in [0, 0.05) is 31.7 Å². The van der Waals surface area contributed by atoms with Crippen molar-refractivity contribution in [3.63, 3.8) is 0 Å². The molecule has 1 aromatic carbocycles. The molecule has 4 rings (SSSR count). The normalized spacial score (nSPS) is 20.8. The lowest BCUT2D eigenvalue weighted by molar-refractivity contribution is 0.0325. The summed E-state index contributed by atoms with van der Waals surface area (Å²) >= 11 is 0. The van der Waals surface area contributed by atoms with Crippen LogP contribution >= 0.6 is 0 Å². The van der Waals surface area contributed by atoms with Gasteiger partial charge < -0.3 is 24.2 Å². The predicted octanol–water partition coefficient (Wildman–Crippen LogP) is 3.20. The van der Waals surface area contributed by atoms with E-state index in [1.807, 2.05) is 57.3 Å². The van der Waals surface area contributed by atoms with Gasteiger partial charge in [-0.2, -0.15) is 0 Å². The lowest BCUT2D eigenvalue weighted by Crippen LogP contribution is -2.49. The van der Waals surface area contributed by atoms with Crippen LogP contribution in [0.5, 0.6) is 17.4 Å². The number of nitrogens with zero attached hydrogens (tertiary/aromatic N) is 3. The fourth-order valence-corrected chi connectivity index (χ4v) is 4.34. The number of aliphatic hydroxyl groups excluding tert-OH is 1. The Morgan fingerprint density at radius 3 is 2.85 bits per heavy atom. The molecule has 2 aliphatic rings. The van der Waals surface area contributed by atoms with E-state index in [2.05, 4.69) is 16.8 Å². The first-order valence-corrected chi connectivity index (χ1v) is 11.7. The van der Waals surface area contributed by atoms with Crippen LogP contribution in [0.2, 0.25) is 0 Å². The van der Waals surface area contributed by atoms with E-state index in [4.69, 9.17) is 14.2 Å². The van der Waals surface area contributed by atoms with Crippen LogP contribution in [-0.4, -0.2) is 71.5 Å². The number of hydrogen-bond donors (Lipinski definition) is 1. The van der Waals surface area contributed by atoms with Crippen molar-refractivity contribution in [3.05, 3.63) is 53.2 Å². The second kappa shape index (κ2) is 10.4. The number of carbonyl (C=O) groups excluding carboxylic acids is 1. The molecule has 0 aliphatic carbocycles. The molecule has 0 bridgehead atoms. The molecule has 2 aliphatic heterocycles. The van der Waals surface area contributed by atoms with Crippen LogP contribution in [0.25, 0.3) is 6.08 Å². The number of fused-ring (bicyclic) bond motifs is 2. The Balaban J connectivity index is 1.57. The van der Waals surface area contributed by atoms with Crippen molar-refractivity contribution >= 4 is 12.0 Å². The standard InChI is InChI=1S/C26H33N3O5/c1-5-6-19-9-21-25(27-11-19)34-24(17(2)12-29(26(21)31)18(3)15-30)14-28(4)13-20-7-8-22-23(10-20)33-16-32-22/h5-11,17-18,24,30H,12-16H2,1-4H3/b6-5+/t17-,18-,24+/m0/s1. The average molecular weight is 468 g/mol. The lowest BCUT2D eigenvalue weighted by atomic mass is 9.99. The number of carbonyl (C=O) groups is 1. The number of likely N-dealkylation sites (N-methyl/N-ethyl adjacent to an activating group) is 1. The van der Waals surface area contributed by atoms with E-state index < -0.39 is 0 Å². The summed E-state index contributed by atoms with van der Waals surface area (Å²) in [6.45, 7) is 7.83. The maximum Gasteiger partial charge on any atom is 0.259 e. The molecule has 1 N–H and O–H groups in total. The van der Waals surface area contributed by atoms with Gasteiger partial charge >= 0.3 is 0 Å². The monoisotopic (exact) mass is 467 g/mol. The lowest BCUT2D eigenvalue weighted by Gasteiger charge is -2.37. The van der Waals surface area contributed by atoms with Crippen molar-refractivity contribution in [2.45, 2.75) is 39.5 Å². The summed E-state index contributed by atoms with van der Waals surface area (Å²) in [5.41, 5.74) is 2.37. The van der Waals surface area contributed by atoms with Gasteiger partial charge in [0.15, 0.2) is 11.5 Å². The van der Waals surface area contributed by atoms with Crippen LogP contribution in [0.3, 0.4) is 0 Å². The van der Waals surface area contributed by atoms with E-state index >= 15 is 0 Å². The highest BCUT2D eigenvalue weighted by Gasteiger charge is 2.34. The van der Waals surface area contributed by atoms with Crippen molar-refractivity contribution in [2.24, 2.45) is 5.92 Å². The van der Waals surface area contributed by atoms with Gasteiger partial charge in [0.2, 0.25) is 12.7 Å². The first kappa shape index (κ1) is 24.0. The molecule has 0 fully saturated rings. The van der Waals surface area contributed by atoms with Crippen molar-refractivity contribution in [1.82, 2.24) is 14.8 Å². The maximum absolute atomic E-state index is 13.4. The summed E-state index contributed by atoms with van der Waals surface area (Å²) < 4.78 is 17.3. The minimum absolute atomic E-state index is 0.0299. The molecule has 1 aromatic heterocycles. The molecule has 8 heteroatoms. The fourth-order valence-electron chi connectivity index (χ4n) is 4.34. The third-order valence-corrected chi connectivity index (χ3v) is 6.28. The average Bonchev–Trinajstić information content (AvgIpc) is 3.29. The smallest absolute Gasteiger partial charge is 0.259 e. The number of hydrogen-bond acceptors (Lipinski definition) is 7. The number of rotatable bonds is 7. The predicted molar refractivity (Wildman–Crippen MR) is 129 cm³/mol. The maximum atomic E-state index is 13.4. The minimum atomic E-state index is -0.307. The molecule has 0 saturated carbocycles. The number of allylic oxidation sites excluding steroid dienone is 1. The molecule has 0 radical (unpaired) electrons. The number of aromatic nitrogens is 1. The number of amides is 1. The Hall–Kier alpha value is -3.10. The van der Waals surface area contributed by atoms with Gasteiger partial charge in [0.1, 0.15) is 11.7 Å². The van der Waals surface area contributed by atoms with E-state index in [0.29, 0.717) is 31.1 Å². The summed E-state index contributed by atoms with van der Waals surface area (Å²) in [5.74, 6) is 1.73. The van der Waals surface area contributed by atoms with Gasteiger partial charge in [0.25, 0.3) is 5.91 Å². The first-order valence-electron chi connectivity index (χ1n) is 11.7. The van der Waals surface area contributed by atoms with Gasteiger partial charge in [-0.1, -0.05) is 25.1 Å². The van der Waals surface area contributed by atoms with Crippen LogP contribution < -0.4 is 14.2 Å². The van der Waals surface area contributed by atoms with E-state index in [1.165, 1.54) is 0 Å². The second-order valence-corrected chi connectivity index (χ2v) is 9.13. The summed E-state index contributed by atoms with van der Waals surface area (Å²) in [7, 11) is 2.04. The Morgan fingerprint density at radius 1 is 1.29 bits per heavy atom. The van der Waals surface area contributed by atoms with Crippen LogP contribution in [0.4, 0.5) is 0 Å². The fraction of sp³-hybridized carbons (Fsp3) is 0.462. The van der Waals surface area contributed by atoms with Crippen molar-refractivity contribution in [1.29, 1.82) is 0 Å². The zero-order valence-corrected chi connectivity index (χ0v) is 20.2. The van der Waals surface area contributed by atoms with Crippen LogP contribution in [0.15, 0.2) is 36.5 Å². The number of pyridine rings is 1. The summed E-state index contributed by atoms with van der Waals surface area (Å²) in [6.07, 6.45) is 5.32. The molecule has 3 heterocycles. The van der Waals surface area contributed by atoms with Crippen LogP contribution in [-0.2, 0) is 6.54 Å². The molecule has 8 nitrogen and oxygen atoms in total.